The van der Waals surface area contributed by atoms with Gasteiger partial charge in [-0.3, -0.25) is 0 Å². The maximum absolute atomic E-state index is 6.20. The van der Waals surface area contributed by atoms with Gasteiger partial charge < -0.3 is 10.1 Å². The van der Waals surface area contributed by atoms with E-state index in [-0.39, 0.29) is 5.60 Å². The Balaban J connectivity index is 1.55. The zero-order valence-electron chi connectivity index (χ0n) is 10.6. The molecule has 0 saturated heterocycles. The highest BCUT2D eigenvalue weighted by molar-refractivity contribution is 6.30. The Morgan fingerprint density at radius 3 is 2.50 bits per heavy atom. The van der Waals surface area contributed by atoms with Crippen molar-refractivity contribution in [2.45, 2.75) is 50.2 Å². The van der Waals surface area contributed by atoms with Gasteiger partial charge in [-0.2, -0.15) is 0 Å². The van der Waals surface area contributed by atoms with E-state index < -0.39 is 0 Å². The normalized spacial score (nSPS) is 21.4. The third-order valence-corrected chi connectivity index (χ3v) is 4.26. The minimum Gasteiger partial charge on any atom is -0.487 e. The zero-order valence-corrected chi connectivity index (χ0v) is 11.4. The van der Waals surface area contributed by atoms with Gasteiger partial charge in [0.25, 0.3) is 0 Å². The number of rotatable bonds is 6. The molecule has 2 fully saturated rings. The maximum Gasteiger partial charge on any atom is 0.120 e. The van der Waals surface area contributed by atoms with Gasteiger partial charge in [0.2, 0.25) is 0 Å². The largest absolute Gasteiger partial charge is 0.487 e. The van der Waals surface area contributed by atoms with E-state index in [1.54, 1.807) is 0 Å². The fourth-order valence-corrected chi connectivity index (χ4v) is 2.64. The van der Waals surface area contributed by atoms with Crippen molar-refractivity contribution in [1.29, 1.82) is 0 Å². The summed E-state index contributed by atoms with van der Waals surface area (Å²) in [6.07, 6.45) is 7.48. The first-order chi connectivity index (χ1) is 8.76. The lowest BCUT2D eigenvalue weighted by Crippen LogP contribution is -2.45. The molecular formula is C15H20ClNO. The molecule has 0 bridgehead atoms. The molecule has 18 heavy (non-hydrogen) atoms. The highest BCUT2D eigenvalue weighted by atomic mass is 35.5. The summed E-state index contributed by atoms with van der Waals surface area (Å²) in [7, 11) is 0. The molecule has 3 rings (SSSR count). The second kappa shape index (κ2) is 5.10. The van der Waals surface area contributed by atoms with Crippen molar-refractivity contribution >= 4 is 11.6 Å². The predicted molar refractivity (Wildman–Crippen MR) is 74.3 cm³/mol. The highest BCUT2D eigenvalue weighted by Gasteiger charge is 2.39. The Morgan fingerprint density at radius 2 is 1.94 bits per heavy atom. The minimum atomic E-state index is 0.0791. The predicted octanol–water partition coefficient (Wildman–Crippen LogP) is 3.78. The lowest BCUT2D eigenvalue weighted by Gasteiger charge is -2.42. The molecule has 1 aromatic rings. The fourth-order valence-electron chi connectivity index (χ4n) is 2.52. The lowest BCUT2D eigenvalue weighted by molar-refractivity contribution is -0.0142. The standard InChI is InChI=1S/C15H20ClNO/c16-12-2-6-14(7-3-12)18-15(8-1-9-15)10-11-17-13-4-5-13/h2-3,6-7,13,17H,1,4-5,8-11H2. The summed E-state index contributed by atoms with van der Waals surface area (Å²) in [5, 5.41) is 4.34. The molecule has 0 spiro atoms. The Morgan fingerprint density at radius 1 is 1.22 bits per heavy atom. The van der Waals surface area contributed by atoms with Crippen LogP contribution in [0.4, 0.5) is 0 Å². The van der Waals surface area contributed by atoms with E-state index in [1.807, 2.05) is 24.3 Å². The number of hydrogen-bond donors (Lipinski definition) is 1. The van der Waals surface area contributed by atoms with Crippen molar-refractivity contribution in [2.24, 2.45) is 0 Å². The Labute approximate surface area is 114 Å². The molecule has 0 unspecified atom stereocenters. The maximum atomic E-state index is 6.20. The van der Waals surface area contributed by atoms with Gasteiger partial charge in [-0.1, -0.05) is 11.6 Å². The summed E-state index contributed by atoms with van der Waals surface area (Å²) in [5.41, 5.74) is 0.0791. The van der Waals surface area contributed by atoms with Crippen LogP contribution in [0.5, 0.6) is 5.75 Å². The summed E-state index contributed by atoms with van der Waals surface area (Å²) in [6.45, 7) is 1.08. The van der Waals surface area contributed by atoms with Crippen LogP contribution in [0.3, 0.4) is 0 Å². The number of ether oxygens (including phenoxy) is 1. The van der Waals surface area contributed by atoms with Crippen LogP contribution in [0.15, 0.2) is 24.3 Å². The molecule has 1 N–H and O–H groups in total. The number of nitrogens with one attached hydrogen (secondary N) is 1. The van der Waals surface area contributed by atoms with E-state index in [0.29, 0.717) is 0 Å². The molecule has 0 atom stereocenters. The van der Waals surface area contributed by atoms with Gasteiger partial charge in [0.1, 0.15) is 11.4 Å². The molecule has 98 valence electrons. The molecular weight excluding hydrogens is 246 g/mol. The molecule has 2 aliphatic carbocycles. The molecule has 0 radical (unpaired) electrons. The highest BCUT2D eigenvalue weighted by Crippen LogP contribution is 2.39. The van der Waals surface area contributed by atoms with Crippen molar-refractivity contribution in [3.05, 3.63) is 29.3 Å². The molecule has 3 heteroatoms. The van der Waals surface area contributed by atoms with Crippen molar-refractivity contribution in [3.63, 3.8) is 0 Å². The van der Waals surface area contributed by atoms with Crippen molar-refractivity contribution in [3.8, 4) is 5.75 Å². The van der Waals surface area contributed by atoms with Crippen LogP contribution in [0.1, 0.15) is 38.5 Å². The number of halogens is 1. The van der Waals surface area contributed by atoms with Crippen molar-refractivity contribution < 1.29 is 4.74 Å². The van der Waals surface area contributed by atoms with Crippen LogP contribution >= 0.6 is 11.6 Å². The van der Waals surface area contributed by atoms with Gasteiger partial charge in [0, 0.05) is 11.1 Å². The summed E-state index contributed by atoms with van der Waals surface area (Å²) >= 11 is 5.89. The van der Waals surface area contributed by atoms with E-state index >= 15 is 0 Å². The summed E-state index contributed by atoms with van der Waals surface area (Å²) in [6, 6.07) is 8.52. The SMILES string of the molecule is Clc1ccc(OC2(CCNC3CC3)CCC2)cc1. The lowest BCUT2D eigenvalue weighted by atomic mass is 9.77. The van der Waals surface area contributed by atoms with Crippen LogP contribution in [-0.4, -0.2) is 18.2 Å². The van der Waals surface area contributed by atoms with E-state index in [1.165, 1.54) is 32.1 Å². The molecule has 0 amide bonds. The van der Waals surface area contributed by atoms with Gasteiger partial charge in [0.05, 0.1) is 0 Å². The van der Waals surface area contributed by atoms with Crippen molar-refractivity contribution in [2.75, 3.05) is 6.54 Å². The van der Waals surface area contributed by atoms with Gasteiger partial charge in [-0.15, -0.1) is 0 Å². The Hall–Kier alpha value is -0.730. The molecule has 2 saturated carbocycles. The van der Waals surface area contributed by atoms with Crippen LogP contribution in [0, 0.1) is 0 Å². The first-order valence-corrected chi connectivity index (χ1v) is 7.32. The van der Waals surface area contributed by atoms with E-state index in [0.717, 1.165) is 29.8 Å². The average Bonchev–Trinajstić information content (AvgIpc) is 3.12. The van der Waals surface area contributed by atoms with Gasteiger partial charge in [-0.05, 0) is 69.3 Å². The molecule has 0 aliphatic heterocycles. The van der Waals surface area contributed by atoms with Crippen LogP contribution in [0.25, 0.3) is 0 Å². The summed E-state index contributed by atoms with van der Waals surface area (Å²) in [5.74, 6) is 0.950. The second-order valence-electron chi connectivity index (χ2n) is 5.57. The number of benzene rings is 1. The Kier molecular flexibility index (Phi) is 3.49. The number of hydrogen-bond acceptors (Lipinski definition) is 2. The first-order valence-electron chi connectivity index (χ1n) is 6.94. The first kappa shape index (κ1) is 12.3. The van der Waals surface area contributed by atoms with Gasteiger partial charge in [0.15, 0.2) is 0 Å². The molecule has 0 aromatic heterocycles. The smallest absolute Gasteiger partial charge is 0.120 e. The Bertz CT molecular complexity index is 395. The van der Waals surface area contributed by atoms with Crippen molar-refractivity contribution in [1.82, 2.24) is 5.32 Å². The molecule has 1 aromatic carbocycles. The monoisotopic (exact) mass is 265 g/mol. The third-order valence-electron chi connectivity index (χ3n) is 4.00. The fraction of sp³-hybridized carbons (Fsp3) is 0.600. The van der Waals surface area contributed by atoms with E-state index in [9.17, 15) is 0 Å². The van der Waals surface area contributed by atoms with Crippen LogP contribution in [-0.2, 0) is 0 Å². The molecule has 2 aliphatic rings. The summed E-state index contributed by atoms with van der Waals surface area (Å²) in [4.78, 5) is 0. The molecule has 2 nitrogen and oxygen atoms in total. The average molecular weight is 266 g/mol. The van der Waals surface area contributed by atoms with E-state index in [4.69, 9.17) is 16.3 Å². The van der Waals surface area contributed by atoms with E-state index in [2.05, 4.69) is 5.32 Å². The van der Waals surface area contributed by atoms with Gasteiger partial charge >= 0.3 is 0 Å². The molecule has 0 heterocycles. The van der Waals surface area contributed by atoms with Gasteiger partial charge in [-0.25, -0.2) is 0 Å². The minimum absolute atomic E-state index is 0.0791. The third kappa shape index (κ3) is 2.99. The second-order valence-corrected chi connectivity index (χ2v) is 6.01. The van der Waals surface area contributed by atoms with Crippen LogP contribution in [0.2, 0.25) is 5.02 Å². The topological polar surface area (TPSA) is 21.3 Å². The quantitative estimate of drug-likeness (QED) is 0.845. The van der Waals surface area contributed by atoms with Crippen LogP contribution < -0.4 is 10.1 Å². The zero-order chi connectivity index (χ0) is 12.4. The summed E-state index contributed by atoms with van der Waals surface area (Å²) < 4.78 is 6.20.